The van der Waals surface area contributed by atoms with Crippen LogP contribution < -0.4 is 15.5 Å². The van der Waals surface area contributed by atoms with Crippen LogP contribution in [0.25, 0.3) is 0 Å². The number of rotatable bonds is 6. The molecule has 1 saturated heterocycles. The molecule has 2 N–H and O–H groups in total. The van der Waals surface area contributed by atoms with Crippen LogP contribution in [0, 0.1) is 13.8 Å². The summed E-state index contributed by atoms with van der Waals surface area (Å²) in [5, 5.41) is 5.64. The van der Waals surface area contributed by atoms with E-state index >= 15 is 0 Å². The number of benzene rings is 2. The van der Waals surface area contributed by atoms with Gasteiger partial charge in [-0.3, -0.25) is 14.5 Å². The molecule has 1 aliphatic heterocycles. The van der Waals surface area contributed by atoms with E-state index in [4.69, 9.17) is 0 Å². The maximum atomic E-state index is 12.3. The highest BCUT2D eigenvalue weighted by Gasteiger charge is 2.19. The molecule has 1 aliphatic rings. The minimum Gasteiger partial charge on any atom is -0.369 e. The Morgan fingerprint density at radius 3 is 2.28 bits per heavy atom. The number of anilines is 3. The summed E-state index contributed by atoms with van der Waals surface area (Å²) in [7, 11) is 0. The van der Waals surface area contributed by atoms with E-state index < -0.39 is 0 Å². The summed E-state index contributed by atoms with van der Waals surface area (Å²) in [6.45, 7) is 10.4. The predicted octanol–water partition coefficient (Wildman–Crippen LogP) is 3.41. The van der Waals surface area contributed by atoms with Crippen LogP contribution in [0.1, 0.15) is 24.5 Å². The molecule has 0 radical (unpaired) electrons. The molecule has 0 atom stereocenters. The highest BCUT2D eigenvalue weighted by Crippen LogP contribution is 2.24. The molecule has 6 heteroatoms. The van der Waals surface area contributed by atoms with Crippen LogP contribution in [-0.4, -0.2) is 49.4 Å². The first-order valence-corrected chi connectivity index (χ1v) is 10.1. The summed E-state index contributed by atoms with van der Waals surface area (Å²) in [5.74, 6) is -0.143. The molecule has 0 aromatic heterocycles. The van der Waals surface area contributed by atoms with Gasteiger partial charge in [0, 0.05) is 63.1 Å². The van der Waals surface area contributed by atoms with Crippen LogP contribution >= 0.6 is 0 Å². The average molecular weight is 395 g/mol. The Labute approximate surface area is 172 Å². The normalized spacial score (nSPS) is 14.5. The van der Waals surface area contributed by atoms with Gasteiger partial charge in [-0.05, 0) is 49.2 Å². The van der Waals surface area contributed by atoms with Gasteiger partial charge < -0.3 is 15.5 Å². The van der Waals surface area contributed by atoms with Crippen LogP contribution in [0.2, 0.25) is 0 Å². The smallest absolute Gasteiger partial charge is 0.225 e. The van der Waals surface area contributed by atoms with Crippen LogP contribution in [0.4, 0.5) is 17.1 Å². The zero-order valence-electron chi connectivity index (χ0n) is 17.5. The number of hydrogen-bond acceptors (Lipinski definition) is 4. The fraction of sp³-hybridized carbons (Fsp3) is 0.391. The van der Waals surface area contributed by atoms with Crippen LogP contribution in [0.3, 0.4) is 0 Å². The van der Waals surface area contributed by atoms with Crippen molar-refractivity contribution in [2.45, 2.75) is 27.2 Å². The maximum absolute atomic E-state index is 12.3. The monoisotopic (exact) mass is 394 g/mol. The summed E-state index contributed by atoms with van der Waals surface area (Å²) in [6, 6.07) is 13.7. The van der Waals surface area contributed by atoms with Crippen molar-refractivity contribution >= 4 is 28.9 Å². The fourth-order valence-corrected chi connectivity index (χ4v) is 3.65. The van der Waals surface area contributed by atoms with Crippen molar-refractivity contribution in [1.29, 1.82) is 0 Å². The first-order valence-electron chi connectivity index (χ1n) is 10.1. The number of carbonyl (C=O) groups is 2. The summed E-state index contributed by atoms with van der Waals surface area (Å²) in [6.07, 6.45) is 0.452. The van der Waals surface area contributed by atoms with E-state index in [0.29, 0.717) is 17.8 Å². The van der Waals surface area contributed by atoms with E-state index in [-0.39, 0.29) is 11.8 Å². The van der Waals surface area contributed by atoms with E-state index in [9.17, 15) is 9.59 Å². The van der Waals surface area contributed by atoms with Gasteiger partial charge in [0.1, 0.15) is 0 Å². The molecule has 29 heavy (non-hydrogen) atoms. The molecule has 2 aromatic rings. The second-order valence-corrected chi connectivity index (χ2v) is 7.61. The quantitative estimate of drug-likeness (QED) is 0.788. The number of nitrogens with one attached hydrogen (secondary N) is 2. The lowest BCUT2D eigenvalue weighted by Gasteiger charge is -2.37. The molecule has 2 aromatic carbocycles. The number of aryl methyl sites for hydroxylation is 1. The van der Waals surface area contributed by atoms with E-state index in [1.807, 2.05) is 12.1 Å². The topological polar surface area (TPSA) is 64.7 Å². The Bertz CT molecular complexity index is 873. The molecule has 0 unspecified atom stereocenters. The Hall–Kier alpha value is -2.86. The van der Waals surface area contributed by atoms with Crippen LogP contribution in [0.15, 0.2) is 42.5 Å². The molecular formula is C23H30N4O2. The molecule has 0 bridgehead atoms. The van der Waals surface area contributed by atoms with Gasteiger partial charge in [-0.1, -0.05) is 18.2 Å². The molecule has 6 nitrogen and oxygen atoms in total. The van der Waals surface area contributed by atoms with Gasteiger partial charge in [0.05, 0.1) is 0 Å². The van der Waals surface area contributed by atoms with E-state index in [0.717, 1.165) is 32.7 Å². The number of carbonyl (C=O) groups excluding carboxylic acids is 2. The van der Waals surface area contributed by atoms with Crippen molar-refractivity contribution in [1.82, 2.24) is 4.90 Å². The van der Waals surface area contributed by atoms with E-state index in [1.54, 1.807) is 12.1 Å². The first kappa shape index (κ1) is 20.9. The van der Waals surface area contributed by atoms with Crippen molar-refractivity contribution in [3.05, 3.63) is 53.6 Å². The number of piperazine rings is 1. The number of hydrogen-bond donors (Lipinski definition) is 2. The Balaban J connectivity index is 1.45. The molecular weight excluding hydrogens is 364 g/mol. The zero-order valence-corrected chi connectivity index (χ0v) is 17.5. The number of nitrogens with zero attached hydrogens (tertiary/aromatic N) is 2. The van der Waals surface area contributed by atoms with Crippen molar-refractivity contribution in [2.24, 2.45) is 0 Å². The van der Waals surface area contributed by atoms with Crippen molar-refractivity contribution in [3.8, 4) is 0 Å². The molecule has 154 valence electrons. The highest BCUT2D eigenvalue weighted by molar-refractivity contribution is 5.93. The lowest BCUT2D eigenvalue weighted by molar-refractivity contribution is -0.116. The Morgan fingerprint density at radius 1 is 0.931 bits per heavy atom. The lowest BCUT2D eigenvalue weighted by Crippen LogP contribution is -2.47. The summed E-state index contributed by atoms with van der Waals surface area (Å²) >= 11 is 0. The van der Waals surface area contributed by atoms with Crippen LogP contribution in [-0.2, 0) is 9.59 Å². The minimum absolute atomic E-state index is 0.0121. The highest BCUT2D eigenvalue weighted by atomic mass is 16.2. The van der Waals surface area contributed by atoms with Gasteiger partial charge in [-0.15, -0.1) is 0 Å². The second-order valence-electron chi connectivity index (χ2n) is 7.61. The standard InChI is InChI=1S/C23H30N4O2/c1-17-6-4-9-22(18(17)2)27-14-12-26(13-15-27)11-10-23(29)25-21-8-5-7-20(16-21)24-19(3)28/h4-9,16H,10-15H2,1-3H3,(H,24,28)(H,25,29). The maximum Gasteiger partial charge on any atom is 0.225 e. The van der Waals surface area contributed by atoms with E-state index in [1.165, 1.54) is 23.7 Å². The second kappa shape index (κ2) is 9.56. The van der Waals surface area contributed by atoms with Crippen molar-refractivity contribution < 1.29 is 9.59 Å². The first-order chi connectivity index (χ1) is 13.9. The summed E-state index contributed by atoms with van der Waals surface area (Å²) < 4.78 is 0. The molecule has 3 rings (SSSR count). The fourth-order valence-electron chi connectivity index (χ4n) is 3.65. The summed E-state index contributed by atoms with van der Waals surface area (Å²) in [5.41, 5.74) is 5.37. The van der Waals surface area contributed by atoms with E-state index in [2.05, 4.69) is 52.5 Å². The lowest BCUT2D eigenvalue weighted by atomic mass is 10.1. The van der Waals surface area contributed by atoms with Gasteiger partial charge in [-0.25, -0.2) is 0 Å². The molecule has 1 heterocycles. The minimum atomic E-state index is -0.131. The summed E-state index contributed by atoms with van der Waals surface area (Å²) in [4.78, 5) is 28.3. The third-order valence-corrected chi connectivity index (χ3v) is 5.41. The largest absolute Gasteiger partial charge is 0.369 e. The van der Waals surface area contributed by atoms with Gasteiger partial charge >= 0.3 is 0 Å². The predicted molar refractivity (Wildman–Crippen MR) is 119 cm³/mol. The third-order valence-electron chi connectivity index (χ3n) is 5.41. The SMILES string of the molecule is CC(=O)Nc1cccc(NC(=O)CCN2CCN(c3cccc(C)c3C)CC2)c1. The molecule has 0 aliphatic carbocycles. The van der Waals surface area contributed by atoms with Crippen molar-refractivity contribution in [2.75, 3.05) is 48.3 Å². The van der Waals surface area contributed by atoms with Gasteiger partial charge in [-0.2, -0.15) is 0 Å². The van der Waals surface area contributed by atoms with Gasteiger partial charge in [0.15, 0.2) is 0 Å². The average Bonchev–Trinajstić information content (AvgIpc) is 2.69. The molecule has 0 spiro atoms. The molecule has 1 fully saturated rings. The Morgan fingerprint density at radius 2 is 1.59 bits per heavy atom. The molecule has 2 amide bonds. The third kappa shape index (κ3) is 5.81. The number of amides is 2. The van der Waals surface area contributed by atoms with Gasteiger partial charge in [0.25, 0.3) is 0 Å². The van der Waals surface area contributed by atoms with Crippen LogP contribution in [0.5, 0.6) is 0 Å². The molecule has 0 saturated carbocycles. The zero-order chi connectivity index (χ0) is 20.8. The van der Waals surface area contributed by atoms with Crippen molar-refractivity contribution in [3.63, 3.8) is 0 Å². The Kier molecular flexibility index (Phi) is 6.88. The van der Waals surface area contributed by atoms with Gasteiger partial charge in [0.2, 0.25) is 11.8 Å².